The molecule has 1 fully saturated rings. The van der Waals surface area contributed by atoms with E-state index in [1.165, 1.54) is 0 Å². The molecule has 2 unspecified atom stereocenters. The molecule has 2 atom stereocenters. The molecule has 2 aliphatic carbocycles. The van der Waals surface area contributed by atoms with Crippen LogP contribution in [0.15, 0.2) is 36.5 Å². The zero-order valence-electron chi connectivity index (χ0n) is 10.9. The van der Waals surface area contributed by atoms with E-state index in [0.717, 1.165) is 25.0 Å². The van der Waals surface area contributed by atoms with Crippen molar-refractivity contribution >= 4 is 5.91 Å². The maximum absolute atomic E-state index is 12.6. The fourth-order valence-electron chi connectivity index (χ4n) is 2.56. The van der Waals surface area contributed by atoms with Crippen LogP contribution in [0.3, 0.4) is 0 Å². The topological polar surface area (TPSA) is 59.2 Å². The molecule has 19 heavy (non-hydrogen) atoms. The number of nitrogens with zero attached hydrogens (tertiary/aromatic N) is 2. The van der Waals surface area contributed by atoms with Crippen LogP contribution in [-0.4, -0.2) is 27.9 Å². The van der Waals surface area contributed by atoms with Gasteiger partial charge in [-0.3, -0.25) is 9.78 Å². The Kier molecular flexibility index (Phi) is 3.34. The number of hydrogen-bond donors (Lipinski definition) is 1. The number of rotatable bonds is 4. The Morgan fingerprint density at radius 3 is 2.79 bits per heavy atom. The molecular formula is C15H19N3O. The molecule has 1 heterocycles. The van der Waals surface area contributed by atoms with Crippen LogP contribution in [0, 0.1) is 5.92 Å². The van der Waals surface area contributed by atoms with Crippen molar-refractivity contribution in [1.82, 2.24) is 9.88 Å². The summed E-state index contributed by atoms with van der Waals surface area (Å²) >= 11 is 0. The minimum atomic E-state index is -0.0423. The van der Waals surface area contributed by atoms with Crippen LogP contribution in [0.1, 0.15) is 25.0 Å². The Morgan fingerprint density at radius 1 is 1.37 bits per heavy atom. The van der Waals surface area contributed by atoms with E-state index >= 15 is 0 Å². The Hall–Kier alpha value is -1.68. The molecule has 4 heteroatoms. The molecule has 0 aliphatic heterocycles. The van der Waals surface area contributed by atoms with Crippen molar-refractivity contribution in [2.75, 3.05) is 0 Å². The lowest BCUT2D eigenvalue weighted by Crippen LogP contribution is -2.37. The average Bonchev–Trinajstić information content (AvgIpc) is 3.18. The van der Waals surface area contributed by atoms with Gasteiger partial charge in [0.1, 0.15) is 0 Å². The molecule has 0 bridgehead atoms. The highest BCUT2D eigenvalue weighted by molar-refractivity contribution is 5.81. The summed E-state index contributed by atoms with van der Waals surface area (Å²) in [6.45, 7) is 0.615. The molecule has 4 nitrogen and oxygen atoms in total. The summed E-state index contributed by atoms with van der Waals surface area (Å²) in [5, 5.41) is 0. The zero-order chi connectivity index (χ0) is 13.2. The highest BCUT2D eigenvalue weighted by Crippen LogP contribution is 2.31. The van der Waals surface area contributed by atoms with E-state index in [9.17, 15) is 4.79 Å². The van der Waals surface area contributed by atoms with Crippen LogP contribution >= 0.6 is 0 Å². The predicted molar refractivity (Wildman–Crippen MR) is 73.0 cm³/mol. The van der Waals surface area contributed by atoms with Gasteiger partial charge >= 0.3 is 0 Å². The lowest BCUT2D eigenvalue weighted by Gasteiger charge is -2.25. The molecule has 3 rings (SSSR count). The van der Waals surface area contributed by atoms with E-state index in [2.05, 4.69) is 4.98 Å². The SMILES string of the molecule is NC1C=CC(C(=O)N(Cc2ccccn2)C2CC2)C1. The molecule has 0 radical (unpaired) electrons. The van der Waals surface area contributed by atoms with E-state index in [1.54, 1.807) is 6.20 Å². The van der Waals surface area contributed by atoms with Crippen molar-refractivity contribution in [3.63, 3.8) is 0 Å². The second-order valence-electron chi connectivity index (χ2n) is 5.41. The zero-order valence-corrected chi connectivity index (χ0v) is 10.9. The Labute approximate surface area is 113 Å². The quantitative estimate of drug-likeness (QED) is 0.831. The summed E-state index contributed by atoms with van der Waals surface area (Å²) in [5.74, 6) is 0.164. The molecule has 0 aromatic carbocycles. The van der Waals surface area contributed by atoms with Gasteiger partial charge in [0.05, 0.1) is 18.2 Å². The third-order valence-electron chi connectivity index (χ3n) is 3.76. The van der Waals surface area contributed by atoms with Crippen LogP contribution in [-0.2, 0) is 11.3 Å². The third kappa shape index (κ3) is 2.84. The normalized spacial score (nSPS) is 25.5. The van der Waals surface area contributed by atoms with Gasteiger partial charge in [0, 0.05) is 18.3 Å². The number of carbonyl (C=O) groups excluding carboxylic acids is 1. The van der Waals surface area contributed by atoms with Gasteiger partial charge in [-0.1, -0.05) is 18.2 Å². The van der Waals surface area contributed by atoms with E-state index < -0.39 is 0 Å². The first kappa shape index (κ1) is 12.4. The average molecular weight is 257 g/mol. The summed E-state index contributed by atoms with van der Waals surface area (Å²) in [6.07, 6.45) is 8.64. The Morgan fingerprint density at radius 2 is 2.21 bits per heavy atom. The maximum Gasteiger partial charge on any atom is 0.230 e. The van der Waals surface area contributed by atoms with Gasteiger partial charge in [-0.15, -0.1) is 0 Å². The van der Waals surface area contributed by atoms with E-state index in [4.69, 9.17) is 5.73 Å². The van der Waals surface area contributed by atoms with Gasteiger partial charge in [0.2, 0.25) is 5.91 Å². The summed E-state index contributed by atoms with van der Waals surface area (Å²) < 4.78 is 0. The van der Waals surface area contributed by atoms with Crippen molar-refractivity contribution < 1.29 is 4.79 Å². The van der Waals surface area contributed by atoms with Crippen LogP contribution in [0.4, 0.5) is 0 Å². The number of pyridine rings is 1. The first-order valence-electron chi connectivity index (χ1n) is 6.88. The summed E-state index contributed by atoms with van der Waals surface area (Å²) in [6, 6.07) is 6.26. The van der Waals surface area contributed by atoms with E-state index in [0.29, 0.717) is 12.6 Å². The molecule has 0 spiro atoms. The molecule has 1 aromatic heterocycles. The number of aromatic nitrogens is 1. The summed E-state index contributed by atoms with van der Waals surface area (Å²) in [7, 11) is 0. The van der Waals surface area contributed by atoms with Crippen molar-refractivity contribution in [1.29, 1.82) is 0 Å². The minimum absolute atomic E-state index is 0.0323. The van der Waals surface area contributed by atoms with Gasteiger partial charge < -0.3 is 10.6 Å². The van der Waals surface area contributed by atoms with Gasteiger partial charge in [-0.05, 0) is 31.4 Å². The van der Waals surface area contributed by atoms with Crippen LogP contribution in [0.5, 0.6) is 0 Å². The van der Waals surface area contributed by atoms with E-state index in [1.807, 2.05) is 35.3 Å². The van der Waals surface area contributed by atoms with Crippen molar-refractivity contribution in [2.45, 2.75) is 37.9 Å². The molecule has 1 aromatic rings. The molecule has 2 aliphatic rings. The van der Waals surface area contributed by atoms with Crippen LogP contribution in [0.25, 0.3) is 0 Å². The van der Waals surface area contributed by atoms with Gasteiger partial charge in [-0.25, -0.2) is 0 Å². The Balaban J connectivity index is 1.71. The lowest BCUT2D eigenvalue weighted by molar-refractivity contribution is -0.135. The van der Waals surface area contributed by atoms with E-state index in [-0.39, 0.29) is 17.9 Å². The highest BCUT2D eigenvalue weighted by atomic mass is 16.2. The first-order chi connectivity index (χ1) is 9.24. The number of amides is 1. The molecule has 1 amide bonds. The maximum atomic E-state index is 12.6. The second-order valence-corrected chi connectivity index (χ2v) is 5.41. The van der Waals surface area contributed by atoms with Crippen molar-refractivity contribution in [3.8, 4) is 0 Å². The lowest BCUT2D eigenvalue weighted by atomic mass is 10.1. The fraction of sp³-hybridized carbons (Fsp3) is 0.467. The molecule has 2 N–H and O–H groups in total. The van der Waals surface area contributed by atoms with Crippen molar-refractivity contribution in [2.24, 2.45) is 11.7 Å². The largest absolute Gasteiger partial charge is 0.333 e. The van der Waals surface area contributed by atoms with Gasteiger partial charge in [0.15, 0.2) is 0 Å². The standard InChI is InChI=1S/C15H19N3O/c16-12-5-4-11(9-12)15(19)18(14-6-7-14)10-13-3-1-2-8-17-13/h1-5,8,11-12,14H,6-7,9-10,16H2. The summed E-state index contributed by atoms with van der Waals surface area (Å²) in [5.41, 5.74) is 6.79. The monoisotopic (exact) mass is 257 g/mol. The molecule has 1 saturated carbocycles. The number of carbonyl (C=O) groups is 1. The Bertz CT molecular complexity index is 481. The fourth-order valence-corrected chi connectivity index (χ4v) is 2.56. The third-order valence-corrected chi connectivity index (χ3v) is 3.76. The highest BCUT2D eigenvalue weighted by Gasteiger charge is 2.36. The molecule has 100 valence electrons. The summed E-state index contributed by atoms with van der Waals surface area (Å²) in [4.78, 5) is 18.9. The van der Waals surface area contributed by atoms with Gasteiger partial charge in [-0.2, -0.15) is 0 Å². The number of hydrogen-bond acceptors (Lipinski definition) is 3. The van der Waals surface area contributed by atoms with Crippen LogP contribution in [0.2, 0.25) is 0 Å². The van der Waals surface area contributed by atoms with Gasteiger partial charge in [0.25, 0.3) is 0 Å². The molecular weight excluding hydrogens is 238 g/mol. The van der Waals surface area contributed by atoms with Crippen molar-refractivity contribution in [3.05, 3.63) is 42.2 Å². The second kappa shape index (κ2) is 5.13. The smallest absolute Gasteiger partial charge is 0.230 e. The minimum Gasteiger partial charge on any atom is -0.333 e. The first-order valence-corrected chi connectivity index (χ1v) is 6.88. The molecule has 0 saturated heterocycles. The van der Waals surface area contributed by atoms with Crippen LogP contribution < -0.4 is 5.73 Å². The predicted octanol–water partition coefficient (Wildman–Crippen LogP) is 1.48. The number of nitrogens with two attached hydrogens (primary N) is 1.